The first-order chi connectivity index (χ1) is 29.7. The summed E-state index contributed by atoms with van der Waals surface area (Å²) in [5.74, 6) is 3.48. The molecule has 0 amide bonds. The SMILES string of the molecule is c1ccc(-c2ccc(-c3nc(-c4ccccc4)nc(-c4ccc5c6c(cccc46)-c4ccc(-c6ccc(N(c7ccccc7)c7ccccc7)cc6)cc4O5)n3)cc2)cc1. The van der Waals surface area contributed by atoms with Crippen molar-refractivity contribution in [2.75, 3.05) is 4.90 Å². The van der Waals surface area contributed by atoms with Crippen molar-refractivity contribution in [3.8, 4) is 79.0 Å². The first-order valence-electron chi connectivity index (χ1n) is 20.1. The normalized spacial score (nSPS) is 11.5. The minimum Gasteiger partial charge on any atom is -0.456 e. The number of aromatic nitrogens is 3. The number of benzene rings is 9. The molecule has 60 heavy (non-hydrogen) atoms. The minimum absolute atomic E-state index is 0.609. The number of hydrogen-bond acceptors (Lipinski definition) is 5. The molecule has 0 atom stereocenters. The Labute approximate surface area is 348 Å². The molecule has 0 saturated heterocycles. The van der Waals surface area contributed by atoms with Crippen LogP contribution in [0, 0.1) is 0 Å². The average molecular weight is 769 g/mol. The van der Waals surface area contributed by atoms with Crippen LogP contribution in [0.3, 0.4) is 0 Å². The molecule has 5 heteroatoms. The molecular formula is C55H36N4O. The molecule has 9 aromatic carbocycles. The standard InChI is InChI=1S/C55H36N4O/c1-5-14-37(15-6-1)38-24-26-41(27-25-38)54-56-53(40-16-7-2-8-17-40)57-55(58-54)49-34-35-50-52-47(22-13-23-48(49)52)46-33-30-42(36-51(46)60-50)39-28-31-45(32-29-39)59(43-18-9-3-10-19-43)44-20-11-4-12-21-44/h1-36H. The summed E-state index contributed by atoms with van der Waals surface area (Å²) in [6.07, 6.45) is 0. The molecular weight excluding hydrogens is 733 g/mol. The summed E-state index contributed by atoms with van der Waals surface area (Å²) in [7, 11) is 0. The van der Waals surface area contributed by atoms with E-state index in [1.165, 1.54) is 0 Å². The average Bonchev–Trinajstić information content (AvgIpc) is 3.33. The molecule has 1 aromatic heterocycles. The first-order valence-corrected chi connectivity index (χ1v) is 20.1. The third-order valence-electron chi connectivity index (χ3n) is 11.1. The third-order valence-corrected chi connectivity index (χ3v) is 11.1. The summed E-state index contributed by atoms with van der Waals surface area (Å²) in [4.78, 5) is 17.5. The van der Waals surface area contributed by atoms with E-state index in [-0.39, 0.29) is 0 Å². The maximum atomic E-state index is 6.75. The maximum Gasteiger partial charge on any atom is 0.164 e. The Morgan fingerprint density at radius 3 is 1.42 bits per heavy atom. The van der Waals surface area contributed by atoms with Gasteiger partial charge < -0.3 is 9.64 Å². The molecule has 0 unspecified atom stereocenters. The van der Waals surface area contributed by atoms with Gasteiger partial charge in [0.2, 0.25) is 0 Å². The van der Waals surface area contributed by atoms with Crippen LogP contribution < -0.4 is 9.64 Å². The van der Waals surface area contributed by atoms with Gasteiger partial charge >= 0.3 is 0 Å². The molecule has 2 heterocycles. The van der Waals surface area contributed by atoms with Crippen LogP contribution in [0.25, 0.3) is 78.3 Å². The van der Waals surface area contributed by atoms with Crippen LogP contribution in [0.2, 0.25) is 0 Å². The lowest BCUT2D eigenvalue weighted by molar-refractivity contribution is 0.487. The van der Waals surface area contributed by atoms with E-state index in [0.29, 0.717) is 17.5 Å². The van der Waals surface area contributed by atoms with Crippen molar-refractivity contribution in [2.45, 2.75) is 0 Å². The zero-order chi connectivity index (χ0) is 39.8. The van der Waals surface area contributed by atoms with Gasteiger partial charge in [-0.25, -0.2) is 15.0 Å². The van der Waals surface area contributed by atoms with Gasteiger partial charge in [-0.2, -0.15) is 0 Å². The number of anilines is 3. The first kappa shape index (κ1) is 35.0. The zero-order valence-corrected chi connectivity index (χ0v) is 32.5. The van der Waals surface area contributed by atoms with Crippen LogP contribution in [0.4, 0.5) is 17.1 Å². The van der Waals surface area contributed by atoms with Crippen LogP contribution in [0.15, 0.2) is 218 Å². The number of para-hydroxylation sites is 2. The van der Waals surface area contributed by atoms with Gasteiger partial charge in [0.05, 0.1) is 0 Å². The van der Waals surface area contributed by atoms with E-state index >= 15 is 0 Å². The molecule has 282 valence electrons. The quantitative estimate of drug-likeness (QED) is 0.154. The Morgan fingerprint density at radius 1 is 0.300 bits per heavy atom. The van der Waals surface area contributed by atoms with Crippen molar-refractivity contribution in [3.63, 3.8) is 0 Å². The van der Waals surface area contributed by atoms with Crippen molar-refractivity contribution in [1.82, 2.24) is 15.0 Å². The summed E-state index contributed by atoms with van der Waals surface area (Å²) < 4.78 is 6.75. The smallest absolute Gasteiger partial charge is 0.164 e. The zero-order valence-electron chi connectivity index (χ0n) is 32.5. The maximum absolute atomic E-state index is 6.75. The fraction of sp³-hybridized carbons (Fsp3) is 0. The number of ether oxygens (including phenoxy) is 1. The molecule has 0 saturated carbocycles. The third kappa shape index (κ3) is 6.45. The van der Waals surface area contributed by atoms with Crippen LogP contribution in [0.5, 0.6) is 11.5 Å². The Bertz CT molecular complexity index is 3100. The van der Waals surface area contributed by atoms with E-state index in [4.69, 9.17) is 19.7 Å². The van der Waals surface area contributed by atoms with Crippen molar-refractivity contribution < 1.29 is 4.74 Å². The fourth-order valence-corrected chi connectivity index (χ4v) is 8.19. The van der Waals surface area contributed by atoms with Crippen LogP contribution in [-0.2, 0) is 0 Å². The highest BCUT2D eigenvalue weighted by atomic mass is 16.5. The van der Waals surface area contributed by atoms with Crippen molar-refractivity contribution in [1.29, 1.82) is 0 Å². The van der Waals surface area contributed by atoms with Gasteiger partial charge in [0.1, 0.15) is 11.5 Å². The van der Waals surface area contributed by atoms with E-state index in [1.807, 2.05) is 54.6 Å². The Balaban J connectivity index is 0.955. The number of nitrogens with zero attached hydrogens (tertiary/aromatic N) is 4. The highest BCUT2D eigenvalue weighted by Crippen LogP contribution is 2.49. The summed E-state index contributed by atoms with van der Waals surface area (Å²) in [6, 6.07) is 75.6. The van der Waals surface area contributed by atoms with Gasteiger partial charge in [0.15, 0.2) is 17.5 Å². The van der Waals surface area contributed by atoms with Crippen molar-refractivity contribution in [2.24, 2.45) is 0 Å². The molecule has 5 nitrogen and oxygen atoms in total. The Kier molecular flexibility index (Phi) is 8.75. The monoisotopic (exact) mass is 768 g/mol. The highest BCUT2D eigenvalue weighted by Gasteiger charge is 2.24. The number of fused-ring (bicyclic) bond motifs is 2. The molecule has 0 N–H and O–H groups in total. The van der Waals surface area contributed by atoms with Crippen LogP contribution >= 0.6 is 0 Å². The predicted octanol–water partition coefficient (Wildman–Crippen LogP) is 14.6. The summed E-state index contributed by atoms with van der Waals surface area (Å²) >= 11 is 0. The van der Waals surface area contributed by atoms with Gasteiger partial charge in [-0.1, -0.05) is 158 Å². The predicted molar refractivity (Wildman–Crippen MR) is 245 cm³/mol. The largest absolute Gasteiger partial charge is 0.456 e. The van der Waals surface area contributed by atoms with Crippen molar-refractivity contribution in [3.05, 3.63) is 218 Å². The van der Waals surface area contributed by atoms with Crippen LogP contribution in [-0.4, -0.2) is 15.0 Å². The second kappa shape index (κ2) is 15.0. The molecule has 11 rings (SSSR count). The topological polar surface area (TPSA) is 51.1 Å². The summed E-state index contributed by atoms with van der Waals surface area (Å²) in [5.41, 5.74) is 12.7. The molecule has 1 aliphatic heterocycles. The van der Waals surface area contributed by atoms with Gasteiger partial charge in [0, 0.05) is 44.7 Å². The highest BCUT2D eigenvalue weighted by molar-refractivity contribution is 6.09. The van der Waals surface area contributed by atoms with E-state index in [0.717, 1.165) is 89.4 Å². The van der Waals surface area contributed by atoms with Gasteiger partial charge in [-0.15, -0.1) is 0 Å². The van der Waals surface area contributed by atoms with Crippen molar-refractivity contribution >= 4 is 27.8 Å². The summed E-state index contributed by atoms with van der Waals surface area (Å²) in [5, 5.41) is 2.06. The second-order valence-electron chi connectivity index (χ2n) is 14.8. The van der Waals surface area contributed by atoms with E-state index in [9.17, 15) is 0 Å². The molecule has 1 aliphatic rings. The lowest BCUT2D eigenvalue weighted by atomic mass is 9.91. The molecule has 10 aromatic rings. The lowest BCUT2D eigenvalue weighted by Crippen LogP contribution is -2.09. The molecule has 0 fully saturated rings. The van der Waals surface area contributed by atoms with E-state index in [2.05, 4.69) is 169 Å². The minimum atomic E-state index is 0.609. The lowest BCUT2D eigenvalue weighted by Gasteiger charge is -2.25. The summed E-state index contributed by atoms with van der Waals surface area (Å²) in [6.45, 7) is 0. The molecule has 0 aliphatic carbocycles. The fourth-order valence-electron chi connectivity index (χ4n) is 8.19. The number of rotatable bonds is 8. The molecule has 0 bridgehead atoms. The van der Waals surface area contributed by atoms with Gasteiger partial charge in [0.25, 0.3) is 0 Å². The van der Waals surface area contributed by atoms with E-state index < -0.39 is 0 Å². The molecule has 0 spiro atoms. The molecule has 0 radical (unpaired) electrons. The Hall–Kier alpha value is -8.15. The van der Waals surface area contributed by atoms with E-state index in [1.54, 1.807) is 0 Å². The van der Waals surface area contributed by atoms with Gasteiger partial charge in [-0.05, 0) is 93.9 Å². The second-order valence-corrected chi connectivity index (χ2v) is 14.8. The number of hydrogen-bond donors (Lipinski definition) is 0. The Morgan fingerprint density at radius 2 is 0.767 bits per heavy atom. The van der Waals surface area contributed by atoms with Crippen LogP contribution in [0.1, 0.15) is 0 Å². The van der Waals surface area contributed by atoms with Gasteiger partial charge in [-0.3, -0.25) is 0 Å².